The van der Waals surface area contributed by atoms with E-state index in [0.717, 1.165) is 11.6 Å². The number of aromatic nitrogens is 2. The third-order valence-electron chi connectivity index (χ3n) is 6.80. The molecule has 2 aromatic heterocycles. The molecule has 0 bridgehead atoms. The number of alkyl halides is 3. The highest BCUT2D eigenvalue weighted by Crippen LogP contribution is 2.38. The van der Waals surface area contributed by atoms with Crippen LogP contribution in [0.25, 0.3) is 22.4 Å². The first-order valence-corrected chi connectivity index (χ1v) is 12.3. The number of nitrogens with two attached hydrogens (primary N) is 1. The normalized spacial score (nSPS) is 14.1. The van der Waals surface area contributed by atoms with Crippen LogP contribution < -0.4 is 10.5 Å². The molecule has 0 aliphatic carbocycles. The standard InChI is InChI=1S/C28H25F3N4O5/c1-14(32)24-23(26(36)35-12-11-15-5-4-6-18(19(15)13-35)27(37)39-3)34-25(40-24)17-7-9-20(38-2)22-16(17)8-10-21(33-22)28(29,30)31/h4-10,14H,11-13,32H2,1-3H3/t14-/m0/s1. The van der Waals surface area contributed by atoms with Gasteiger partial charge in [0.15, 0.2) is 11.5 Å². The van der Waals surface area contributed by atoms with Gasteiger partial charge in [0.25, 0.3) is 5.91 Å². The molecule has 1 atom stereocenters. The minimum Gasteiger partial charge on any atom is -0.494 e. The lowest BCUT2D eigenvalue weighted by atomic mass is 9.94. The molecule has 2 aromatic carbocycles. The highest BCUT2D eigenvalue weighted by atomic mass is 19.4. The number of carbonyl (C=O) groups is 2. The molecule has 1 aliphatic heterocycles. The number of hydrogen-bond donors (Lipinski definition) is 1. The zero-order chi connectivity index (χ0) is 28.8. The molecule has 208 valence electrons. The van der Waals surface area contributed by atoms with E-state index in [4.69, 9.17) is 19.6 Å². The maximum Gasteiger partial charge on any atom is 0.433 e. The van der Waals surface area contributed by atoms with Crippen LogP contribution in [-0.2, 0) is 23.9 Å². The van der Waals surface area contributed by atoms with Gasteiger partial charge in [-0.15, -0.1) is 0 Å². The number of amides is 1. The van der Waals surface area contributed by atoms with Crippen molar-refractivity contribution in [3.63, 3.8) is 0 Å². The van der Waals surface area contributed by atoms with Gasteiger partial charge in [0.05, 0.1) is 25.8 Å². The van der Waals surface area contributed by atoms with Crippen LogP contribution in [0.1, 0.15) is 56.4 Å². The smallest absolute Gasteiger partial charge is 0.433 e. The first kappa shape index (κ1) is 27.1. The van der Waals surface area contributed by atoms with Crippen molar-refractivity contribution < 1.29 is 36.7 Å². The Kier molecular flexibility index (Phi) is 6.96. The number of esters is 1. The molecule has 5 rings (SSSR count). The van der Waals surface area contributed by atoms with Crippen LogP contribution in [-0.4, -0.2) is 47.5 Å². The van der Waals surface area contributed by atoms with Gasteiger partial charge in [0, 0.05) is 24.0 Å². The number of benzene rings is 2. The fraction of sp³-hybridized carbons (Fsp3) is 0.286. The zero-order valence-electron chi connectivity index (χ0n) is 21.8. The first-order chi connectivity index (χ1) is 19.0. The summed E-state index contributed by atoms with van der Waals surface area (Å²) in [5.74, 6) is -0.704. The molecule has 0 spiro atoms. The summed E-state index contributed by atoms with van der Waals surface area (Å²) < 4.78 is 56.1. The molecule has 4 aromatic rings. The number of ether oxygens (including phenoxy) is 2. The lowest BCUT2D eigenvalue weighted by Crippen LogP contribution is -2.37. The van der Waals surface area contributed by atoms with Crippen molar-refractivity contribution in [2.24, 2.45) is 5.73 Å². The third-order valence-corrected chi connectivity index (χ3v) is 6.80. The summed E-state index contributed by atoms with van der Waals surface area (Å²) in [6.07, 6.45) is -4.14. The fourth-order valence-electron chi connectivity index (χ4n) is 4.82. The number of rotatable bonds is 5. The van der Waals surface area contributed by atoms with Crippen LogP contribution >= 0.6 is 0 Å². The van der Waals surface area contributed by atoms with Gasteiger partial charge in [-0.3, -0.25) is 4.79 Å². The molecular formula is C28H25F3N4O5. The summed E-state index contributed by atoms with van der Waals surface area (Å²) in [5, 5.41) is 0.290. The molecular weight excluding hydrogens is 529 g/mol. The molecule has 0 saturated carbocycles. The molecule has 0 unspecified atom stereocenters. The maximum atomic E-state index is 13.7. The van der Waals surface area contributed by atoms with Crippen LogP contribution in [0.15, 0.2) is 46.9 Å². The second kappa shape index (κ2) is 10.3. The van der Waals surface area contributed by atoms with E-state index >= 15 is 0 Å². The molecule has 1 amide bonds. The molecule has 3 heterocycles. The van der Waals surface area contributed by atoms with E-state index < -0.39 is 29.8 Å². The van der Waals surface area contributed by atoms with Gasteiger partial charge in [-0.1, -0.05) is 12.1 Å². The second-order valence-corrected chi connectivity index (χ2v) is 9.34. The van der Waals surface area contributed by atoms with Crippen molar-refractivity contribution in [2.45, 2.75) is 32.1 Å². The number of oxazole rings is 1. The predicted octanol–water partition coefficient (Wildman–Crippen LogP) is 4.92. The number of methoxy groups -OCH3 is 2. The quantitative estimate of drug-likeness (QED) is 0.345. The zero-order valence-corrected chi connectivity index (χ0v) is 21.8. The van der Waals surface area contributed by atoms with Crippen LogP contribution in [0.2, 0.25) is 0 Å². The Morgan fingerprint density at radius 1 is 1.10 bits per heavy atom. The Bertz CT molecular complexity index is 1630. The van der Waals surface area contributed by atoms with E-state index in [1.54, 1.807) is 30.0 Å². The fourth-order valence-corrected chi connectivity index (χ4v) is 4.82. The van der Waals surface area contributed by atoms with Gasteiger partial charge in [0.2, 0.25) is 5.89 Å². The Labute approximate surface area is 226 Å². The van der Waals surface area contributed by atoms with E-state index in [9.17, 15) is 22.8 Å². The topological polar surface area (TPSA) is 121 Å². The molecule has 40 heavy (non-hydrogen) atoms. The molecule has 12 heteroatoms. The average Bonchev–Trinajstić information content (AvgIpc) is 3.40. The third kappa shape index (κ3) is 4.75. The molecule has 2 N–H and O–H groups in total. The first-order valence-electron chi connectivity index (χ1n) is 12.3. The highest BCUT2D eigenvalue weighted by Gasteiger charge is 2.34. The number of halogens is 3. The van der Waals surface area contributed by atoms with Crippen molar-refractivity contribution in [3.05, 3.63) is 76.3 Å². The van der Waals surface area contributed by atoms with E-state index in [1.807, 2.05) is 6.07 Å². The average molecular weight is 555 g/mol. The largest absolute Gasteiger partial charge is 0.494 e. The van der Waals surface area contributed by atoms with Crippen molar-refractivity contribution in [3.8, 4) is 17.2 Å². The number of nitrogens with zero attached hydrogens (tertiary/aromatic N) is 3. The summed E-state index contributed by atoms with van der Waals surface area (Å²) in [4.78, 5) is 35.8. The Hall–Kier alpha value is -4.45. The van der Waals surface area contributed by atoms with Gasteiger partial charge >= 0.3 is 12.1 Å². The molecule has 0 saturated heterocycles. The summed E-state index contributed by atoms with van der Waals surface area (Å²) in [6, 6.07) is 9.74. The van der Waals surface area contributed by atoms with E-state index in [-0.39, 0.29) is 35.2 Å². The number of fused-ring (bicyclic) bond motifs is 2. The molecule has 9 nitrogen and oxygen atoms in total. The van der Waals surface area contributed by atoms with E-state index in [1.165, 1.54) is 26.4 Å². The lowest BCUT2D eigenvalue weighted by molar-refractivity contribution is -0.140. The second-order valence-electron chi connectivity index (χ2n) is 9.34. The minimum atomic E-state index is -4.65. The monoisotopic (exact) mass is 554 g/mol. The number of hydrogen-bond acceptors (Lipinski definition) is 8. The summed E-state index contributed by atoms with van der Waals surface area (Å²) in [6.45, 7) is 2.15. The minimum absolute atomic E-state index is 0.00230. The Morgan fingerprint density at radius 2 is 1.88 bits per heavy atom. The highest BCUT2D eigenvalue weighted by molar-refractivity contribution is 5.98. The number of pyridine rings is 1. The lowest BCUT2D eigenvalue weighted by Gasteiger charge is -2.29. The van der Waals surface area contributed by atoms with Crippen molar-refractivity contribution in [1.82, 2.24) is 14.9 Å². The van der Waals surface area contributed by atoms with Crippen LogP contribution in [0.5, 0.6) is 5.75 Å². The summed E-state index contributed by atoms with van der Waals surface area (Å²) in [5.41, 5.74) is 7.32. The molecule has 1 aliphatic rings. The molecule has 0 fully saturated rings. The van der Waals surface area contributed by atoms with Crippen LogP contribution in [0.3, 0.4) is 0 Å². The Balaban J connectivity index is 1.56. The van der Waals surface area contributed by atoms with Gasteiger partial charge in [-0.05, 0) is 54.8 Å². The SMILES string of the molecule is COC(=O)c1cccc2c1CN(C(=O)c1nc(-c3ccc(OC)c4nc(C(F)(F)F)ccc34)oc1[C@H](C)N)CC2. The van der Waals surface area contributed by atoms with Gasteiger partial charge in [0.1, 0.15) is 17.0 Å². The van der Waals surface area contributed by atoms with Crippen LogP contribution in [0, 0.1) is 0 Å². The maximum absolute atomic E-state index is 13.7. The van der Waals surface area contributed by atoms with Crippen molar-refractivity contribution in [1.29, 1.82) is 0 Å². The van der Waals surface area contributed by atoms with Gasteiger partial charge in [-0.25, -0.2) is 14.8 Å². The molecule has 0 radical (unpaired) electrons. The van der Waals surface area contributed by atoms with Gasteiger partial charge in [-0.2, -0.15) is 13.2 Å². The number of carbonyl (C=O) groups excluding carboxylic acids is 2. The summed E-state index contributed by atoms with van der Waals surface area (Å²) in [7, 11) is 2.62. The van der Waals surface area contributed by atoms with E-state index in [0.29, 0.717) is 35.0 Å². The van der Waals surface area contributed by atoms with Crippen molar-refractivity contribution in [2.75, 3.05) is 20.8 Å². The van der Waals surface area contributed by atoms with Crippen LogP contribution in [0.4, 0.5) is 13.2 Å². The summed E-state index contributed by atoms with van der Waals surface area (Å²) >= 11 is 0. The van der Waals surface area contributed by atoms with E-state index in [2.05, 4.69) is 9.97 Å². The van der Waals surface area contributed by atoms with Gasteiger partial charge < -0.3 is 24.5 Å². The van der Waals surface area contributed by atoms with Crippen molar-refractivity contribution >= 4 is 22.8 Å². The predicted molar refractivity (Wildman–Crippen MR) is 138 cm³/mol. The Morgan fingerprint density at radius 3 is 2.55 bits per heavy atom.